The van der Waals surface area contributed by atoms with Gasteiger partial charge in [-0.3, -0.25) is 0 Å². The van der Waals surface area contributed by atoms with E-state index < -0.39 is 0 Å². The van der Waals surface area contributed by atoms with Crippen LogP contribution < -0.4 is 4.74 Å². The third kappa shape index (κ3) is 8.22. The fourth-order valence-corrected chi connectivity index (χ4v) is 4.59. The van der Waals surface area contributed by atoms with Gasteiger partial charge in [0.15, 0.2) is 0 Å². The van der Waals surface area contributed by atoms with E-state index in [-0.39, 0.29) is 24.2 Å². The molecule has 4 heteroatoms. The molecule has 1 unspecified atom stereocenters. The first-order valence-corrected chi connectivity index (χ1v) is 13.6. The molecule has 0 saturated carbocycles. The van der Waals surface area contributed by atoms with E-state index in [1.54, 1.807) is 0 Å². The van der Waals surface area contributed by atoms with Gasteiger partial charge in [-0.25, -0.2) is 4.79 Å². The van der Waals surface area contributed by atoms with E-state index in [0.29, 0.717) is 19.6 Å². The zero-order valence-corrected chi connectivity index (χ0v) is 23.5. The highest BCUT2D eigenvalue weighted by Gasteiger charge is 2.24. The lowest BCUT2D eigenvalue weighted by Gasteiger charge is -2.30. The molecule has 0 spiro atoms. The largest absolute Gasteiger partial charge is 0.489 e. The van der Waals surface area contributed by atoms with Crippen molar-refractivity contribution < 1.29 is 14.3 Å². The Morgan fingerprint density at radius 2 is 1.26 bits per heavy atom. The van der Waals surface area contributed by atoms with Crippen molar-refractivity contribution in [3.63, 3.8) is 0 Å². The number of hydrogen-bond donors (Lipinski definition) is 0. The van der Waals surface area contributed by atoms with Crippen LogP contribution in [0.4, 0.5) is 4.79 Å². The Morgan fingerprint density at radius 1 is 0.718 bits per heavy atom. The first-order valence-electron chi connectivity index (χ1n) is 13.6. The van der Waals surface area contributed by atoms with Crippen molar-refractivity contribution in [1.82, 2.24) is 4.90 Å². The van der Waals surface area contributed by atoms with Crippen LogP contribution in [-0.2, 0) is 36.3 Å². The van der Waals surface area contributed by atoms with Gasteiger partial charge in [-0.2, -0.15) is 0 Å². The van der Waals surface area contributed by atoms with Crippen molar-refractivity contribution >= 4 is 6.09 Å². The molecule has 1 atom stereocenters. The normalized spacial score (nSPS) is 12.0. The Morgan fingerprint density at radius 3 is 1.82 bits per heavy atom. The Balaban J connectivity index is 1.51. The monoisotopic (exact) mass is 521 g/mol. The molecule has 202 valence electrons. The molecule has 4 aromatic carbocycles. The average Bonchev–Trinajstić information content (AvgIpc) is 2.95. The summed E-state index contributed by atoms with van der Waals surface area (Å²) in [6.07, 6.45) is 0.393. The van der Waals surface area contributed by atoms with Crippen LogP contribution in [0, 0.1) is 0 Å². The average molecular weight is 522 g/mol. The molecule has 0 fully saturated rings. The van der Waals surface area contributed by atoms with Gasteiger partial charge in [-0.1, -0.05) is 124 Å². The number of benzene rings is 4. The highest BCUT2D eigenvalue weighted by atomic mass is 16.6. The zero-order valence-electron chi connectivity index (χ0n) is 23.5. The summed E-state index contributed by atoms with van der Waals surface area (Å²) in [5.74, 6) is 0.895. The summed E-state index contributed by atoms with van der Waals surface area (Å²) >= 11 is 0. The van der Waals surface area contributed by atoms with E-state index in [0.717, 1.165) is 33.6 Å². The fourth-order valence-electron chi connectivity index (χ4n) is 4.59. The molecule has 0 heterocycles. The van der Waals surface area contributed by atoms with E-state index in [1.165, 1.54) is 0 Å². The molecule has 0 aliphatic rings. The lowest BCUT2D eigenvalue weighted by atomic mass is 9.84. The molecular formula is C35H39NO3. The summed E-state index contributed by atoms with van der Waals surface area (Å²) in [6, 6.07) is 36.4. The number of hydrogen-bond acceptors (Lipinski definition) is 3. The molecule has 0 aliphatic heterocycles. The Labute approximate surface area is 233 Å². The predicted molar refractivity (Wildman–Crippen MR) is 158 cm³/mol. The lowest BCUT2D eigenvalue weighted by Crippen LogP contribution is -2.39. The highest BCUT2D eigenvalue weighted by molar-refractivity contribution is 5.68. The van der Waals surface area contributed by atoms with Crippen molar-refractivity contribution in [2.75, 3.05) is 0 Å². The molecule has 4 aromatic rings. The molecule has 0 saturated heterocycles. The third-order valence-electron chi connectivity index (χ3n) is 6.79. The summed E-state index contributed by atoms with van der Waals surface area (Å²) in [5, 5.41) is 0. The van der Waals surface area contributed by atoms with E-state index in [1.807, 2.05) is 83.8 Å². The second kappa shape index (κ2) is 13.1. The highest BCUT2D eigenvalue weighted by Crippen LogP contribution is 2.33. The minimum Gasteiger partial charge on any atom is -0.489 e. The van der Waals surface area contributed by atoms with Gasteiger partial charge in [0.05, 0.1) is 0 Å². The zero-order chi connectivity index (χ0) is 27.7. The van der Waals surface area contributed by atoms with Crippen LogP contribution in [0.2, 0.25) is 0 Å². The second-order valence-corrected chi connectivity index (χ2v) is 11.1. The first-order chi connectivity index (χ1) is 18.8. The Hall–Kier alpha value is -4.05. The number of amides is 1. The Kier molecular flexibility index (Phi) is 9.43. The van der Waals surface area contributed by atoms with Crippen molar-refractivity contribution in [2.45, 2.75) is 65.3 Å². The van der Waals surface area contributed by atoms with Gasteiger partial charge in [0.25, 0.3) is 0 Å². The smallest absolute Gasteiger partial charge is 0.410 e. The molecule has 4 nitrogen and oxygen atoms in total. The van der Waals surface area contributed by atoms with Crippen molar-refractivity contribution in [1.29, 1.82) is 0 Å². The van der Waals surface area contributed by atoms with Gasteiger partial charge in [-0.05, 0) is 52.6 Å². The standard InChI is InChI=1S/C35H39NO3/c1-27(36(24-28-14-8-5-9-15-28)34(37)39-26-30-18-12-7-13-19-30)22-31-20-21-33(32(23-31)35(2,3)4)38-25-29-16-10-6-11-17-29/h5-21,23,27H,22,24-26H2,1-4H3. The molecule has 0 N–H and O–H groups in total. The molecule has 1 amide bonds. The molecule has 0 aliphatic carbocycles. The molecular weight excluding hydrogens is 482 g/mol. The maximum atomic E-state index is 13.3. The van der Waals surface area contributed by atoms with Crippen molar-refractivity contribution in [3.05, 3.63) is 137 Å². The number of nitrogens with zero attached hydrogens (tertiary/aromatic N) is 1. The molecule has 4 rings (SSSR count). The van der Waals surface area contributed by atoms with E-state index in [2.05, 4.69) is 58.0 Å². The maximum Gasteiger partial charge on any atom is 0.410 e. The van der Waals surface area contributed by atoms with Crippen LogP contribution in [0.25, 0.3) is 0 Å². The lowest BCUT2D eigenvalue weighted by molar-refractivity contribution is 0.0799. The SMILES string of the molecule is CC(Cc1ccc(OCc2ccccc2)c(C(C)(C)C)c1)N(Cc1ccccc1)C(=O)OCc1ccccc1. The topological polar surface area (TPSA) is 38.8 Å². The Bertz CT molecular complexity index is 1310. The van der Waals surface area contributed by atoms with Crippen LogP contribution in [0.5, 0.6) is 5.75 Å². The van der Waals surface area contributed by atoms with E-state index in [9.17, 15) is 4.79 Å². The second-order valence-electron chi connectivity index (χ2n) is 11.1. The van der Waals surface area contributed by atoms with Gasteiger partial charge in [-0.15, -0.1) is 0 Å². The fraction of sp³-hybridized carbons (Fsp3) is 0.286. The number of carbonyl (C=O) groups excluding carboxylic acids is 1. The van der Waals surface area contributed by atoms with Gasteiger partial charge in [0, 0.05) is 12.6 Å². The minimum absolute atomic E-state index is 0.0719. The number of carbonyl (C=O) groups is 1. The number of rotatable bonds is 10. The summed E-state index contributed by atoms with van der Waals surface area (Å²) in [4.78, 5) is 15.2. The third-order valence-corrected chi connectivity index (χ3v) is 6.79. The van der Waals surface area contributed by atoms with Crippen LogP contribution in [-0.4, -0.2) is 17.0 Å². The minimum atomic E-state index is -0.311. The predicted octanol–water partition coefficient (Wildman–Crippen LogP) is 8.33. The summed E-state index contributed by atoms with van der Waals surface area (Å²) < 4.78 is 12.0. The van der Waals surface area contributed by atoms with Crippen LogP contribution >= 0.6 is 0 Å². The summed E-state index contributed by atoms with van der Waals surface area (Å²) in [7, 11) is 0. The van der Waals surface area contributed by atoms with Crippen molar-refractivity contribution in [2.24, 2.45) is 0 Å². The van der Waals surface area contributed by atoms with Crippen LogP contribution in [0.3, 0.4) is 0 Å². The summed E-state index contributed by atoms with van der Waals surface area (Å²) in [6.45, 7) is 9.95. The van der Waals surface area contributed by atoms with Crippen LogP contribution in [0.15, 0.2) is 109 Å². The van der Waals surface area contributed by atoms with E-state index in [4.69, 9.17) is 9.47 Å². The maximum absolute atomic E-state index is 13.3. The van der Waals surface area contributed by atoms with Gasteiger partial charge >= 0.3 is 6.09 Å². The molecule has 0 aromatic heterocycles. The first kappa shape index (κ1) is 28.0. The number of ether oxygens (including phenoxy) is 2. The molecule has 0 radical (unpaired) electrons. The van der Waals surface area contributed by atoms with Gasteiger partial charge in [0.1, 0.15) is 19.0 Å². The van der Waals surface area contributed by atoms with Crippen molar-refractivity contribution in [3.8, 4) is 5.75 Å². The van der Waals surface area contributed by atoms with Crippen LogP contribution in [0.1, 0.15) is 55.5 Å². The summed E-state index contributed by atoms with van der Waals surface area (Å²) in [5.41, 5.74) is 5.41. The van der Waals surface area contributed by atoms with Gasteiger partial charge in [0.2, 0.25) is 0 Å². The molecule has 0 bridgehead atoms. The molecule has 39 heavy (non-hydrogen) atoms. The van der Waals surface area contributed by atoms with E-state index >= 15 is 0 Å². The quantitative estimate of drug-likeness (QED) is 0.211. The van der Waals surface area contributed by atoms with Gasteiger partial charge < -0.3 is 14.4 Å².